The minimum absolute atomic E-state index is 0. The quantitative estimate of drug-likeness (QED) is 0.542. The van der Waals surface area contributed by atoms with Gasteiger partial charge in [-0.2, -0.15) is 11.8 Å². The molecule has 24 heavy (non-hydrogen) atoms. The number of rotatable bonds is 9. The van der Waals surface area contributed by atoms with Crippen molar-refractivity contribution in [2.75, 3.05) is 25.1 Å². The van der Waals surface area contributed by atoms with Crippen LogP contribution in [0.25, 0.3) is 0 Å². The van der Waals surface area contributed by atoms with Crippen molar-refractivity contribution in [1.29, 1.82) is 0 Å². The van der Waals surface area contributed by atoms with Crippen LogP contribution >= 0.6 is 47.4 Å². The molecule has 0 aromatic heterocycles. The number of carbonyl (C=O) groups excluding carboxylic acids is 2. The van der Waals surface area contributed by atoms with Gasteiger partial charge >= 0.3 is 0 Å². The first kappa shape index (κ1) is 23.3. The van der Waals surface area contributed by atoms with E-state index in [1.165, 1.54) is 12.1 Å². The molecule has 1 aromatic carbocycles. The van der Waals surface area contributed by atoms with E-state index in [0.717, 1.165) is 5.75 Å². The monoisotopic (exact) mass is 413 g/mol. The fourth-order valence-corrected chi connectivity index (χ4v) is 2.82. The van der Waals surface area contributed by atoms with Crippen LogP contribution in [0.3, 0.4) is 0 Å². The van der Waals surface area contributed by atoms with Gasteiger partial charge in [0.1, 0.15) is 6.04 Å². The average molecular weight is 415 g/mol. The Kier molecular flexibility index (Phi) is 12.3. The van der Waals surface area contributed by atoms with E-state index in [-0.39, 0.29) is 23.3 Å². The first-order chi connectivity index (χ1) is 11.0. The number of hydrogen-bond donors (Lipinski definition) is 3. The molecule has 1 unspecified atom stereocenters. The van der Waals surface area contributed by atoms with Crippen LogP contribution in [0.4, 0.5) is 0 Å². The molecule has 0 aliphatic carbocycles. The zero-order valence-corrected chi connectivity index (χ0v) is 16.5. The fourth-order valence-electron chi connectivity index (χ4n) is 1.85. The van der Waals surface area contributed by atoms with E-state index in [4.69, 9.17) is 28.9 Å². The summed E-state index contributed by atoms with van der Waals surface area (Å²) in [5, 5.41) is 6.21. The highest BCUT2D eigenvalue weighted by Crippen LogP contribution is 2.21. The van der Waals surface area contributed by atoms with Gasteiger partial charge in [-0.15, -0.1) is 12.4 Å². The van der Waals surface area contributed by atoms with Gasteiger partial charge in [0.15, 0.2) is 0 Å². The van der Waals surface area contributed by atoms with E-state index in [1.54, 1.807) is 17.8 Å². The Balaban J connectivity index is 0.00000529. The fraction of sp³-hybridized carbons (Fsp3) is 0.467. The van der Waals surface area contributed by atoms with Crippen molar-refractivity contribution in [2.24, 2.45) is 5.73 Å². The maximum absolute atomic E-state index is 12.3. The van der Waals surface area contributed by atoms with Gasteiger partial charge < -0.3 is 16.4 Å². The number of amides is 2. The van der Waals surface area contributed by atoms with Gasteiger partial charge in [-0.1, -0.05) is 23.2 Å². The Hall–Kier alpha value is -0.660. The van der Waals surface area contributed by atoms with Gasteiger partial charge in [0.05, 0.1) is 10.6 Å². The molecule has 0 radical (unpaired) electrons. The van der Waals surface area contributed by atoms with Gasteiger partial charge in [0, 0.05) is 11.6 Å². The first-order valence-electron chi connectivity index (χ1n) is 7.22. The van der Waals surface area contributed by atoms with Crippen LogP contribution in [0.1, 0.15) is 23.2 Å². The molecule has 0 saturated carbocycles. The lowest BCUT2D eigenvalue weighted by molar-refractivity contribution is -0.123. The Morgan fingerprint density at radius 3 is 2.62 bits per heavy atom. The molecule has 0 aliphatic rings. The van der Waals surface area contributed by atoms with Crippen molar-refractivity contribution in [3.05, 3.63) is 33.8 Å². The number of nitrogens with one attached hydrogen (secondary N) is 2. The van der Waals surface area contributed by atoms with Gasteiger partial charge in [-0.3, -0.25) is 9.59 Å². The lowest BCUT2D eigenvalue weighted by Gasteiger charge is -2.18. The highest BCUT2D eigenvalue weighted by molar-refractivity contribution is 7.98. The lowest BCUT2D eigenvalue weighted by Crippen LogP contribution is -2.47. The highest BCUT2D eigenvalue weighted by atomic mass is 35.5. The zero-order valence-electron chi connectivity index (χ0n) is 13.3. The van der Waals surface area contributed by atoms with Crippen LogP contribution in [0.5, 0.6) is 0 Å². The third kappa shape index (κ3) is 7.94. The minimum atomic E-state index is -0.612. The smallest absolute Gasteiger partial charge is 0.253 e. The number of carbonyl (C=O) groups is 2. The van der Waals surface area contributed by atoms with Crippen LogP contribution < -0.4 is 16.4 Å². The van der Waals surface area contributed by atoms with Crippen LogP contribution in [0.15, 0.2) is 18.2 Å². The van der Waals surface area contributed by atoms with Crippen molar-refractivity contribution >= 4 is 59.2 Å². The molecule has 0 saturated heterocycles. The van der Waals surface area contributed by atoms with E-state index in [9.17, 15) is 9.59 Å². The summed E-state index contributed by atoms with van der Waals surface area (Å²) >= 11 is 13.5. The standard InChI is InChI=1S/C15H21Cl2N3O2S.ClH/c1-23-8-5-13(15(22)19-7-2-6-18)20-14(21)11-4-3-10(16)9-12(11)17;/h3-4,9,13H,2,5-8,18H2,1H3,(H,19,22)(H,20,21);1H. The molecule has 0 bridgehead atoms. The molecule has 0 aliphatic heterocycles. The van der Waals surface area contributed by atoms with Crippen LogP contribution in [-0.2, 0) is 4.79 Å². The Bertz CT molecular complexity index is 547. The molecule has 1 atom stereocenters. The van der Waals surface area contributed by atoms with Gasteiger partial charge in [-0.25, -0.2) is 0 Å². The summed E-state index contributed by atoms with van der Waals surface area (Å²) in [5.74, 6) is 0.140. The predicted molar refractivity (Wildman–Crippen MR) is 105 cm³/mol. The second kappa shape index (κ2) is 12.7. The van der Waals surface area contributed by atoms with Gasteiger partial charge in [0.25, 0.3) is 5.91 Å². The molecule has 1 rings (SSSR count). The summed E-state index contributed by atoms with van der Waals surface area (Å²) in [5.41, 5.74) is 5.70. The Labute approximate surface area is 162 Å². The Morgan fingerprint density at radius 1 is 1.33 bits per heavy atom. The van der Waals surface area contributed by atoms with E-state index < -0.39 is 11.9 Å². The second-order valence-corrected chi connectivity index (χ2v) is 6.69. The zero-order chi connectivity index (χ0) is 17.2. The van der Waals surface area contributed by atoms with Crippen molar-refractivity contribution in [3.63, 3.8) is 0 Å². The number of hydrogen-bond acceptors (Lipinski definition) is 4. The van der Waals surface area contributed by atoms with Crippen LogP contribution in [-0.4, -0.2) is 43.0 Å². The van der Waals surface area contributed by atoms with Crippen molar-refractivity contribution in [3.8, 4) is 0 Å². The average Bonchev–Trinajstić information content (AvgIpc) is 2.51. The van der Waals surface area contributed by atoms with E-state index in [2.05, 4.69) is 10.6 Å². The van der Waals surface area contributed by atoms with Crippen molar-refractivity contribution < 1.29 is 9.59 Å². The number of nitrogens with two attached hydrogens (primary N) is 1. The summed E-state index contributed by atoms with van der Waals surface area (Å²) in [6.07, 6.45) is 3.17. The number of halogens is 3. The molecule has 0 spiro atoms. The first-order valence-corrected chi connectivity index (χ1v) is 9.37. The maximum atomic E-state index is 12.3. The van der Waals surface area contributed by atoms with Gasteiger partial charge in [-0.05, 0) is 49.6 Å². The summed E-state index contributed by atoms with van der Waals surface area (Å²) in [6.45, 7) is 0.991. The topological polar surface area (TPSA) is 84.2 Å². The molecule has 2 amide bonds. The second-order valence-electron chi connectivity index (χ2n) is 4.86. The van der Waals surface area contributed by atoms with E-state index in [0.29, 0.717) is 36.5 Å². The lowest BCUT2D eigenvalue weighted by atomic mass is 10.1. The largest absolute Gasteiger partial charge is 0.354 e. The molecule has 0 fully saturated rings. The van der Waals surface area contributed by atoms with Crippen molar-refractivity contribution in [1.82, 2.24) is 10.6 Å². The molecular weight excluding hydrogens is 393 g/mol. The number of benzene rings is 1. The molecular formula is C15H22Cl3N3O2S. The molecule has 4 N–H and O–H groups in total. The Morgan fingerprint density at radius 2 is 2.04 bits per heavy atom. The summed E-state index contributed by atoms with van der Waals surface area (Å²) in [4.78, 5) is 24.5. The predicted octanol–water partition coefficient (Wildman–Crippen LogP) is 2.73. The minimum Gasteiger partial charge on any atom is -0.354 e. The van der Waals surface area contributed by atoms with E-state index >= 15 is 0 Å². The summed E-state index contributed by atoms with van der Waals surface area (Å²) in [6, 6.07) is 4.01. The molecule has 0 heterocycles. The molecule has 9 heteroatoms. The van der Waals surface area contributed by atoms with Crippen molar-refractivity contribution in [2.45, 2.75) is 18.9 Å². The third-order valence-corrected chi connectivity index (χ3v) is 4.28. The number of thioether (sulfide) groups is 1. The SMILES string of the molecule is CSCCC(NC(=O)c1ccc(Cl)cc1Cl)C(=O)NCCCN.Cl. The molecule has 1 aromatic rings. The van der Waals surface area contributed by atoms with Gasteiger partial charge in [0.2, 0.25) is 5.91 Å². The summed E-state index contributed by atoms with van der Waals surface area (Å²) in [7, 11) is 0. The highest BCUT2D eigenvalue weighted by Gasteiger charge is 2.21. The van der Waals surface area contributed by atoms with Crippen LogP contribution in [0, 0.1) is 0 Å². The summed E-state index contributed by atoms with van der Waals surface area (Å²) < 4.78 is 0. The van der Waals surface area contributed by atoms with Crippen LogP contribution in [0.2, 0.25) is 10.0 Å². The normalized spacial score (nSPS) is 11.3. The molecule has 5 nitrogen and oxygen atoms in total. The maximum Gasteiger partial charge on any atom is 0.253 e. The third-order valence-electron chi connectivity index (χ3n) is 3.09. The molecule has 136 valence electrons. The van der Waals surface area contributed by atoms with E-state index in [1.807, 2.05) is 6.26 Å².